The van der Waals surface area contributed by atoms with E-state index in [-0.39, 0.29) is 22.4 Å². The first-order valence-electron chi connectivity index (χ1n) is 10.3. The lowest BCUT2D eigenvalue weighted by Crippen LogP contribution is -2.36. The molecule has 2 aromatic carbocycles. The molecule has 0 unspecified atom stereocenters. The van der Waals surface area contributed by atoms with Gasteiger partial charge >= 0.3 is 0 Å². The van der Waals surface area contributed by atoms with Crippen molar-refractivity contribution < 1.29 is 17.9 Å². The summed E-state index contributed by atoms with van der Waals surface area (Å²) in [5.41, 5.74) is 0.402. The fraction of sp³-hybridized carbons (Fsp3) is 0.409. The van der Waals surface area contributed by atoms with Gasteiger partial charge in [0.2, 0.25) is 15.9 Å². The highest BCUT2D eigenvalue weighted by Gasteiger charge is 2.28. The summed E-state index contributed by atoms with van der Waals surface area (Å²) in [6.07, 6.45) is 2.71. The van der Waals surface area contributed by atoms with Gasteiger partial charge in [-0.3, -0.25) is 9.69 Å². The van der Waals surface area contributed by atoms with Crippen molar-refractivity contribution in [2.45, 2.75) is 24.2 Å². The van der Waals surface area contributed by atoms with E-state index in [4.69, 9.17) is 16.3 Å². The molecule has 0 atom stereocenters. The number of carbonyl (C=O) groups is 1. The fourth-order valence-corrected chi connectivity index (χ4v) is 5.40. The number of nitrogens with one attached hydrogen (secondary N) is 1. The molecule has 3 rings (SSSR count). The van der Waals surface area contributed by atoms with Crippen LogP contribution in [0.1, 0.15) is 19.3 Å². The maximum absolute atomic E-state index is 13.0. The topological polar surface area (TPSA) is 79.0 Å². The lowest BCUT2D eigenvalue weighted by molar-refractivity contribution is -0.117. The number of para-hydroxylation sites is 1. The SMILES string of the molecule is CN(CCOc1ccccc1)CC(=O)Nc1ccc(Cl)c(S(=O)(=O)N2CCCCC2)c1. The number of sulfonamides is 1. The maximum Gasteiger partial charge on any atom is 0.244 e. The number of nitrogens with zero attached hydrogens (tertiary/aromatic N) is 2. The van der Waals surface area contributed by atoms with E-state index < -0.39 is 10.0 Å². The van der Waals surface area contributed by atoms with E-state index in [1.165, 1.54) is 16.4 Å². The normalized spacial score (nSPS) is 15.1. The largest absolute Gasteiger partial charge is 0.492 e. The average Bonchev–Trinajstić information content (AvgIpc) is 2.76. The zero-order valence-corrected chi connectivity index (χ0v) is 19.2. The molecule has 0 spiro atoms. The van der Waals surface area contributed by atoms with Crippen molar-refractivity contribution in [1.82, 2.24) is 9.21 Å². The van der Waals surface area contributed by atoms with Crippen molar-refractivity contribution in [3.05, 3.63) is 53.6 Å². The second kappa shape index (κ2) is 10.9. The second-order valence-corrected chi connectivity index (χ2v) is 9.87. The number of benzene rings is 2. The van der Waals surface area contributed by atoms with Gasteiger partial charge in [-0.25, -0.2) is 8.42 Å². The van der Waals surface area contributed by atoms with Gasteiger partial charge < -0.3 is 10.1 Å². The molecule has 0 aliphatic carbocycles. The van der Waals surface area contributed by atoms with Gasteiger partial charge in [-0.05, 0) is 50.2 Å². The molecule has 1 fully saturated rings. The third-order valence-electron chi connectivity index (χ3n) is 5.05. The number of ether oxygens (including phenoxy) is 1. The van der Waals surface area contributed by atoms with Gasteiger partial charge in [0.25, 0.3) is 0 Å². The van der Waals surface area contributed by atoms with E-state index in [1.54, 1.807) is 6.07 Å². The molecule has 9 heteroatoms. The Morgan fingerprint density at radius 1 is 1.13 bits per heavy atom. The Labute approximate surface area is 189 Å². The number of rotatable bonds is 9. The van der Waals surface area contributed by atoms with Gasteiger partial charge in [0, 0.05) is 25.3 Å². The van der Waals surface area contributed by atoms with Gasteiger partial charge in [-0.15, -0.1) is 0 Å². The molecule has 168 valence electrons. The molecule has 1 N–H and O–H groups in total. The number of amides is 1. The summed E-state index contributed by atoms with van der Waals surface area (Å²) in [5.74, 6) is 0.537. The Hall–Kier alpha value is -2.13. The monoisotopic (exact) mass is 465 g/mol. The summed E-state index contributed by atoms with van der Waals surface area (Å²) < 4.78 is 33.0. The van der Waals surface area contributed by atoms with Crippen molar-refractivity contribution in [1.29, 1.82) is 0 Å². The molecule has 1 saturated heterocycles. The highest BCUT2D eigenvalue weighted by Crippen LogP contribution is 2.29. The summed E-state index contributed by atoms with van der Waals surface area (Å²) in [5, 5.41) is 2.91. The first kappa shape index (κ1) is 23.5. The van der Waals surface area contributed by atoms with Crippen LogP contribution in [0.25, 0.3) is 0 Å². The van der Waals surface area contributed by atoms with Crippen molar-refractivity contribution in [2.24, 2.45) is 0 Å². The maximum atomic E-state index is 13.0. The molecule has 0 saturated carbocycles. The van der Waals surface area contributed by atoms with Crippen molar-refractivity contribution in [3.8, 4) is 5.75 Å². The first-order valence-corrected chi connectivity index (χ1v) is 12.1. The number of carbonyl (C=O) groups excluding carboxylic acids is 1. The molecular formula is C22H28ClN3O4S. The van der Waals surface area contributed by atoms with Gasteiger partial charge in [0.05, 0.1) is 11.6 Å². The Balaban J connectivity index is 1.55. The second-order valence-electron chi connectivity index (χ2n) is 7.56. The van der Waals surface area contributed by atoms with Crippen LogP contribution in [0.5, 0.6) is 5.75 Å². The van der Waals surface area contributed by atoms with Crippen LogP contribution >= 0.6 is 11.6 Å². The summed E-state index contributed by atoms with van der Waals surface area (Å²) >= 11 is 6.19. The summed E-state index contributed by atoms with van der Waals surface area (Å²) in [4.78, 5) is 14.3. The van der Waals surface area contributed by atoms with Crippen LogP contribution < -0.4 is 10.1 Å². The molecule has 1 heterocycles. The van der Waals surface area contributed by atoms with E-state index in [9.17, 15) is 13.2 Å². The van der Waals surface area contributed by atoms with Crippen molar-refractivity contribution >= 4 is 33.2 Å². The Morgan fingerprint density at radius 3 is 2.55 bits per heavy atom. The zero-order valence-electron chi connectivity index (χ0n) is 17.6. The van der Waals surface area contributed by atoms with Crippen LogP contribution in [0.3, 0.4) is 0 Å². The minimum absolute atomic E-state index is 0.0264. The quantitative estimate of drug-likeness (QED) is 0.613. The van der Waals surface area contributed by atoms with Crippen LogP contribution in [-0.2, 0) is 14.8 Å². The van der Waals surface area contributed by atoms with Crippen LogP contribution in [0, 0.1) is 0 Å². The van der Waals surface area contributed by atoms with Crippen LogP contribution in [0.2, 0.25) is 5.02 Å². The van der Waals surface area contributed by atoms with Gasteiger partial charge in [0.15, 0.2) is 0 Å². The summed E-state index contributed by atoms with van der Waals surface area (Å²) in [6.45, 7) is 2.15. The molecule has 1 aliphatic rings. The predicted molar refractivity (Wildman–Crippen MR) is 122 cm³/mol. The van der Waals surface area contributed by atoms with Crippen LogP contribution in [0.15, 0.2) is 53.4 Å². The van der Waals surface area contributed by atoms with Crippen molar-refractivity contribution in [3.63, 3.8) is 0 Å². The Kier molecular flexibility index (Phi) is 8.31. The molecule has 1 aliphatic heterocycles. The predicted octanol–water partition coefficient (Wildman–Crippen LogP) is 3.46. The lowest BCUT2D eigenvalue weighted by atomic mass is 10.2. The summed E-state index contributed by atoms with van der Waals surface area (Å²) in [6, 6.07) is 14.0. The molecule has 0 bridgehead atoms. The fourth-order valence-electron chi connectivity index (χ4n) is 3.38. The molecule has 31 heavy (non-hydrogen) atoms. The lowest BCUT2D eigenvalue weighted by Gasteiger charge is -2.26. The Bertz CT molecular complexity index is 980. The van der Waals surface area contributed by atoms with E-state index in [2.05, 4.69) is 5.32 Å². The highest BCUT2D eigenvalue weighted by atomic mass is 35.5. The van der Waals surface area contributed by atoms with E-state index >= 15 is 0 Å². The highest BCUT2D eigenvalue weighted by molar-refractivity contribution is 7.89. The third-order valence-corrected chi connectivity index (χ3v) is 7.43. The molecule has 0 aromatic heterocycles. The number of piperidine rings is 1. The van der Waals surface area contributed by atoms with E-state index in [0.717, 1.165) is 25.0 Å². The molecule has 2 aromatic rings. The molecule has 1 amide bonds. The number of anilines is 1. The smallest absolute Gasteiger partial charge is 0.244 e. The number of halogens is 1. The number of hydrogen-bond donors (Lipinski definition) is 1. The van der Waals surface area contributed by atoms with Crippen molar-refractivity contribution in [2.75, 3.05) is 45.2 Å². The average molecular weight is 466 g/mol. The Morgan fingerprint density at radius 2 is 1.84 bits per heavy atom. The minimum Gasteiger partial charge on any atom is -0.492 e. The summed E-state index contributed by atoms with van der Waals surface area (Å²) in [7, 11) is -1.87. The molecule has 7 nitrogen and oxygen atoms in total. The van der Waals surface area contributed by atoms with E-state index in [0.29, 0.717) is 31.9 Å². The van der Waals surface area contributed by atoms with Gasteiger partial charge in [-0.2, -0.15) is 4.31 Å². The van der Waals surface area contributed by atoms with Gasteiger partial charge in [0.1, 0.15) is 17.3 Å². The standard InChI is InChI=1S/C22H28ClN3O4S/c1-25(14-15-30-19-8-4-2-5-9-19)17-22(27)24-18-10-11-20(23)21(16-18)31(28,29)26-12-6-3-7-13-26/h2,4-5,8-11,16H,3,6-7,12-15,17H2,1H3,(H,24,27). The molecule has 0 radical (unpaired) electrons. The third kappa shape index (κ3) is 6.67. The zero-order chi connectivity index (χ0) is 22.3. The minimum atomic E-state index is -3.69. The molecular weight excluding hydrogens is 438 g/mol. The van der Waals surface area contributed by atoms with Crippen LogP contribution in [0.4, 0.5) is 5.69 Å². The number of likely N-dealkylation sites (N-methyl/N-ethyl adjacent to an activating group) is 1. The van der Waals surface area contributed by atoms with Crippen LogP contribution in [-0.4, -0.2) is 63.4 Å². The van der Waals surface area contributed by atoms with E-state index in [1.807, 2.05) is 42.3 Å². The van der Waals surface area contributed by atoms with Gasteiger partial charge in [-0.1, -0.05) is 36.2 Å². The first-order chi connectivity index (χ1) is 14.9. The number of hydrogen-bond acceptors (Lipinski definition) is 5.